The van der Waals surface area contributed by atoms with E-state index in [0.717, 1.165) is 0 Å². The van der Waals surface area contributed by atoms with Gasteiger partial charge in [-0.25, -0.2) is 13.9 Å². The lowest BCUT2D eigenvalue weighted by molar-refractivity contribution is 0.0203. The topological polar surface area (TPSA) is 94.9 Å². The maximum atomic E-state index is 13.6. The highest BCUT2D eigenvalue weighted by molar-refractivity contribution is 6.05. The number of carbonyl (C=O) groups is 2. The van der Waals surface area contributed by atoms with Gasteiger partial charge < -0.3 is 24.4 Å². The molecule has 1 fully saturated rings. The van der Waals surface area contributed by atoms with E-state index < -0.39 is 5.60 Å². The number of fused-ring (bicyclic) bond motifs is 1. The van der Waals surface area contributed by atoms with E-state index >= 15 is 0 Å². The van der Waals surface area contributed by atoms with Crippen LogP contribution in [0.4, 0.5) is 14.9 Å². The van der Waals surface area contributed by atoms with Crippen LogP contribution in [-0.2, 0) is 4.74 Å². The van der Waals surface area contributed by atoms with Gasteiger partial charge in [0.1, 0.15) is 11.4 Å². The van der Waals surface area contributed by atoms with Gasteiger partial charge in [0.15, 0.2) is 11.5 Å². The number of likely N-dealkylation sites (tertiary alicyclic amines) is 1. The number of nitrogens with zero attached hydrogens (tertiary/aromatic N) is 3. The molecule has 0 spiro atoms. The largest absolute Gasteiger partial charge is 0.454 e. The third-order valence-electron chi connectivity index (χ3n) is 6.29. The average Bonchev–Trinajstić information content (AvgIpc) is 3.51. The maximum Gasteiger partial charge on any atom is 0.410 e. The molecule has 1 aromatic heterocycles. The molecule has 0 saturated carbocycles. The molecular formula is C27H29FN4O5. The second-order valence-corrected chi connectivity index (χ2v) is 10.1. The van der Waals surface area contributed by atoms with E-state index in [0.29, 0.717) is 60.1 Å². The molecule has 2 amide bonds. The molecule has 0 aliphatic carbocycles. The first-order valence-electron chi connectivity index (χ1n) is 12.2. The summed E-state index contributed by atoms with van der Waals surface area (Å²) in [6, 6.07) is 11.2. The average molecular weight is 509 g/mol. The molecule has 3 aromatic rings. The molecule has 9 nitrogen and oxygen atoms in total. The van der Waals surface area contributed by atoms with Gasteiger partial charge in [0.25, 0.3) is 5.91 Å². The van der Waals surface area contributed by atoms with E-state index in [2.05, 4.69) is 10.4 Å². The number of halogens is 1. The molecule has 2 aliphatic rings. The first-order valence-corrected chi connectivity index (χ1v) is 12.2. The van der Waals surface area contributed by atoms with Crippen LogP contribution < -0.4 is 14.8 Å². The Morgan fingerprint density at radius 1 is 1.05 bits per heavy atom. The van der Waals surface area contributed by atoms with Crippen molar-refractivity contribution in [2.75, 3.05) is 25.2 Å². The number of rotatable bonds is 4. The van der Waals surface area contributed by atoms with Crippen molar-refractivity contribution < 1.29 is 28.2 Å². The molecule has 10 heteroatoms. The molecule has 0 bridgehead atoms. The molecule has 2 aliphatic heterocycles. The fourth-order valence-electron chi connectivity index (χ4n) is 4.55. The predicted molar refractivity (Wildman–Crippen MR) is 134 cm³/mol. The standard InChI is InChI=1S/C27H29FN4O5/c1-27(2,3)37-26(34)31-12-10-17(11-13-31)24-21(15-29-32(24)20-7-4-18(28)5-8-20)25(33)30-19-6-9-22-23(14-19)36-16-35-22/h4-9,14-15,17H,10-13,16H2,1-3H3,(H,30,33). The Morgan fingerprint density at radius 3 is 2.46 bits per heavy atom. The lowest BCUT2D eigenvalue weighted by Crippen LogP contribution is -2.41. The van der Waals surface area contributed by atoms with Gasteiger partial charge in [-0.3, -0.25) is 4.79 Å². The molecular weight excluding hydrogens is 479 g/mol. The summed E-state index contributed by atoms with van der Waals surface area (Å²) < 4.78 is 31.6. The zero-order chi connectivity index (χ0) is 26.2. The summed E-state index contributed by atoms with van der Waals surface area (Å²) in [4.78, 5) is 27.7. The summed E-state index contributed by atoms with van der Waals surface area (Å²) in [7, 11) is 0. The maximum absolute atomic E-state index is 13.6. The van der Waals surface area contributed by atoms with Gasteiger partial charge >= 0.3 is 6.09 Å². The van der Waals surface area contributed by atoms with Crippen LogP contribution in [0.15, 0.2) is 48.7 Å². The molecule has 0 unspecified atom stereocenters. The number of carbonyl (C=O) groups excluding carboxylic acids is 2. The van der Waals surface area contributed by atoms with Crippen LogP contribution in [-0.4, -0.2) is 52.2 Å². The van der Waals surface area contributed by atoms with Gasteiger partial charge in [-0.2, -0.15) is 5.10 Å². The number of aromatic nitrogens is 2. The van der Waals surface area contributed by atoms with Crippen LogP contribution in [0.25, 0.3) is 5.69 Å². The van der Waals surface area contributed by atoms with Gasteiger partial charge in [0, 0.05) is 30.8 Å². The Kier molecular flexibility index (Phi) is 6.49. The van der Waals surface area contributed by atoms with E-state index in [1.165, 1.54) is 18.3 Å². The Morgan fingerprint density at radius 2 is 1.76 bits per heavy atom. The minimum atomic E-state index is -0.574. The lowest BCUT2D eigenvalue weighted by Gasteiger charge is -2.34. The minimum absolute atomic E-state index is 0.0521. The van der Waals surface area contributed by atoms with Gasteiger partial charge in [-0.05, 0) is 70.0 Å². The summed E-state index contributed by atoms with van der Waals surface area (Å²) in [6.07, 6.45) is 2.42. The van der Waals surface area contributed by atoms with Crippen LogP contribution in [0.5, 0.6) is 11.5 Å². The summed E-state index contributed by atoms with van der Waals surface area (Å²) in [5.74, 6) is 0.457. The van der Waals surface area contributed by atoms with Gasteiger partial charge in [0.2, 0.25) is 6.79 Å². The van der Waals surface area contributed by atoms with E-state index in [1.807, 2.05) is 20.8 Å². The van der Waals surface area contributed by atoms with Crippen molar-refractivity contribution in [3.63, 3.8) is 0 Å². The number of nitrogens with one attached hydrogen (secondary N) is 1. The summed E-state index contributed by atoms with van der Waals surface area (Å²) in [5, 5.41) is 7.42. The Balaban J connectivity index is 1.41. The van der Waals surface area contributed by atoms with Crippen molar-refractivity contribution >= 4 is 17.7 Å². The molecule has 2 aromatic carbocycles. The molecule has 37 heavy (non-hydrogen) atoms. The van der Waals surface area contributed by atoms with Crippen molar-refractivity contribution in [1.82, 2.24) is 14.7 Å². The first kappa shape index (κ1) is 24.6. The number of amides is 2. The van der Waals surface area contributed by atoms with Crippen LogP contribution in [0.2, 0.25) is 0 Å². The second-order valence-electron chi connectivity index (χ2n) is 10.1. The van der Waals surface area contributed by atoms with E-state index in [-0.39, 0.29) is 30.5 Å². The van der Waals surface area contributed by atoms with Crippen LogP contribution in [0, 0.1) is 5.82 Å². The number of ether oxygens (including phenoxy) is 3. The van der Waals surface area contributed by atoms with Crippen LogP contribution in [0.3, 0.4) is 0 Å². The fourth-order valence-corrected chi connectivity index (χ4v) is 4.55. The highest BCUT2D eigenvalue weighted by Gasteiger charge is 2.32. The number of anilines is 1. The van der Waals surface area contributed by atoms with E-state index in [1.54, 1.807) is 39.9 Å². The molecule has 3 heterocycles. The van der Waals surface area contributed by atoms with Gasteiger partial charge in [-0.15, -0.1) is 0 Å². The Hall–Kier alpha value is -4.08. The summed E-state index contributed by atoms with van der Waals surface area (Å²) in [5.41, 5.74) is 1.77. The Labute approximate surface area is 214 Å². The van der Waals surface area contributed by atoms with E-state index in [4.69, 9.17) is 14.2 Å². The minimum Gasteiger partial charge on any atom is -0.454 e. The SMILES string of the molecule is CC(C)(C)OC(=O)N1CCC(c2c(C(=O)Nc3ccc4c(c3)OCO4)cnn2-c2ccc(F)cc2)CC1. The van der Waals surface area contributed by atoms with Gasteiger partial charge in [0.05, 0.1) is 23.1 Å². The third-order valence-corrected chi connectivity index (χ3v) is 6.29. The van der Waals surface area contributed by atoms with E-state index in [9.17, 15) is 14.0 Å². The van der Waals surface area contributed by atoms with Crippen LogP contribution >= 0.6 is 0 Å². The van der Waals surface area contributed by atoms with Crippen molar-refractivity contribution in [3.05, 3.63) is 65.7 Å². The summed E-state index contributed by atoms with van der Waals surface area (Å²) in [6.45, 7) is 6.62. The second kappa shape index (κ2) is 9.76. The number of piperidine rings is 1. The molecule has 5 rings (SSSR count). The molecule has 0 radical (unpaired) electrons. The normalized spacial score (nSPS) is 15.5. The third kappa shape index (κ3) is 5.37. The fraction of sp³-hybridized carbons (Fsp3) is 0.370. The zero-order valence-electron chi connectivity index (χ0n) is 21.0. The highest BCUT2D eigenvalue weighted by atomic mass is 19.1. The van der Waals surface area contributed by atoms with Crippen molar-refractivity contribution in [2.45, 2.75) is 45.1 Å². The molecule has 1 saturated heterocycles. The highest BCUT2D eigenvalue weighted by Crippen LogP contribution is 2.36. The number of hydrogen-bond acceptors (Lipinski definition) is 6. The summed E-state index contributed by atoms with van der Waals surface area (Å²) >= 11 is 0. The van der Waals surface area contributed by atoms with Crippen molar-refractivity contribution in [1.29, 1.82) is 0 Å². The Bertz CT molecular complexity index is 1310. The first-order chi connectivity index (χ1) is 17.7. The number of benzene rings is 2. The van der Waals surface area contributed by atoms with Crippen molar-refractivity contribution in [3.8, 4) is 17.2 Å². The lowest BCUT2D eigenvalue weighted by atomic mass is 9.90. The smallest absolute Gasteiger partial charge is 0.410 e. The van der Waals surface area contributed by atoms with Gasteiger partial charge in [-0.1, -0.05) is 0 Å². The molecule has 194 valence electrons. The van der Waals surface area contributed by atoms with Crippen LogP contribution in [0.1, 0.15) is 55.6 Å². The zero-order valence-corrected chi connectivity index (χ0v) is 21.0. The molecule has 0 atom stereocenters. The number of hydrogen-bond donors (Lipinski definition) is 1. The predicted octanol–water partition coefficient (Wildman–Crippen LogP) is 5.11. The monoisotopic (exact) mass is 508 g/mol. The van der Waals surface area contributed by atoms with Crippen molar-refractivity contribution in [2.24, 2.45) is 0 Å². The quantitative estimate of drug-likeness (QED) is 0.527. The molecule has 1 N–H and O–H groups in total.